The third kappa shape index (κ3) is 5.59. The zero-order valence-electron chi connectivity index (χ0n) is 14.1. The fraction of sp³-hybridized carbons (Fsp3) is 0.222. The van der Waals surface area contributed by atoms with Crippen molar-refractivity contribution in [2.75, 3.05) is 19.4 Å². The maximum Gasteiger partial charge on any atom is 0.338 e. The monoisotopic (exact) mass is 374 g/mol. The number of amides is 1. The Morgan fingerprint density at radius 3 is 2.50 bits per heavy atom. The van der Waals surface area contributed by atoms with E-state index in [0.29, 0.717) is 6.54 Å². The first-order valence-corrected chi connectivity index (χ1v) is 8.83. The summed E-state index contributed by atoms with van der Waals surface area (Å²) in [5, 5.41) is 13.7. The minimum absolute atomic E-state index is 0.0357. The average molecular weight is 374 g/mol. The van der Waals surface area contributed by atoms with Crippen LogP contribution < -0.4 is 5.32 Å². The van der Waals surface area contributed by atoms with E-state index in [1.165, 1.54) is 13.2 Å². The minimum atomic E-state index is -0.734. The second-order valence-electron chi connectivity index (χ2n) is 5.29. The van der Waals surface area contributed by atoms with E-state index < -0.39 is 16.8 Å². The zero-order valence-corrected chi connectivity index (χ0v) is 15.0. The Bertz CT molecular complexity index is 795. The van der Waals surface area contributed by atoms with Crippen LogP contribution in [0.15, 0.2) is 53.4 Å². The van der Waals surface area contributed by atoms with Crippen LogP contribution in [0.5, 0.6) is 0 Å². The maximum absolute atomic E-state index is 12.2. The van der Waals surface area contributed by atoms with Gasteiger partial charge in [0, 0.05) is 29.1 Å². The summed E-state index contributed by atoms with van der Waals surface area (Å²) >= 11 is 1.68. The van der Waals surface area contributed by atoms with Crippen LogP contribution in [0.4, 0.5) is 5.69 Å². The lowest BCUT2D eigenvalue weighted by Gasteiger charge is -2.07. The number of nitrogens with zero attached hydrogens (tertiary/aromatic N) is 1. The second-order valence-corrected chi connectivity index (χ2v) is 6.46. The Kier molecular flexibility index (Phi) is 7.16. The lowest BCUT2D eigenvalue weighted by Crippen LogP contribution is -2.25. The largest absolute Gasteiger partial charge is 0.465 e. The Balaban J connectivity index is 1.92. The summed E-state index contributed by atoms with van der Waals surface area (Å²) in [5.41, 5.74) is -0.320. The quantitative estimate of drug-likeness (QED) is 0.250. The lowest BCUT2D eigenvalue weighted by atomic mass is 10.1. The molecule has 1 N–H and O–H groups in total. The molecule has 0 radical (unpaired) electrons. The molecule has 2 aromatic carbocycles. The Labute approximate surface area is 154 Å². The number of hydrogen-bond acceptors (Lipinski definition) is 6. The summed E-state index contributed by atoms with van der Waals surface area (Å²) in [5.74, 6) is -0.377. The third-order valence-corrected chi connectivity index (χ3v) is 4.53. The van der Waals surface area contributed by atoms with Crippen molar-refractivity contribution < 1.29 is 19.2 Å². The van der Waals surface area contributed by atoms with Gasteiger partial charge in [0.2, 0.25) is 0 Å². The van der Waals surface area contributed by atoms with E-state index in [2.05, 4.69) is 10.1 Å². The highest BCUT2D eigenvalue weighted by Crippen LogP contribution is 2.19. The van der Waals surface area contributed by atoms with Crippen LogP contribution in [-0.4, -0.2) is 36.2 Å². The van der Waals surface area contributed by atoms with Gasteiger partial charge in [-0.05, 0) is 30.4 Å². The van der Waals surface area contributed by atoms with Gasteiger partial charge >= 0.3 is 5.97 Å². The molecule has 26 heavy (non-hydrogen) atoms. The highest BCUT2D eigenvalue weighted by atomic mass is 32.2. The molecule has 1 amide bonds. The van der Waals surface area contributed by atoms with Gasteiger partial charge in [0.05, 0.1) is 17.6 Å². The van der Waals surface area contributed by atoms with Crippen molar-refractivity contribution in [1.82, 2.24) is 5.32 Å². The summed E-state index contributed by atoms with van der Waals surface area (Å²) < 4.78 is 4.56. The summed E-state index contributed by atoms with van der Waals surface area (Å²) in [7, 11) is 1.17. The Morgan fingerprint density at radius 2 is 1.85 bits per heavy atom. The zero-order chi connectivity index (χ0) is 18.9. The first-order valence-electron chi connectivity index (χ1n) is 7.85. The van der Waals surface area contributed by atoms with Crippen LogP contribution in [0.25, 0.3) is 0 Å². The number of rotatable bonds is 8. The molecular weight excluding hydrogens is 356 g/mol. The SMILES string of the molecule is COC(=O)c1cc(C(=O)NCCCSc2ccccc2)cc([N+](=O)[O-])c1. The predicted molar refractivity (Wildman–Crippen MR) is 98.6 cm³/mol. The number of non-ortho nitro benzene ring substituents is 1. The van der Waals surface area contributed by atoms with Crippen molar-refractivity contribution in [2.45, 2.75) is 11.3 Å². The highest BCUT2D eigenvalue weighted by Gasteiger charge is 2.18. The molecule has 0 unspecified atom stereocenters. The summed E-state index contributed by atoms with van der Waals surface area (Å²) in [6.07, 6.45) is 0.740. The average Bonchev–Trinajstić information content (AvgIpc) is 2.67. The molecule has 2 aromatic rings. The second kappa shape index (κ2) is 9.57. The summed E-state index contributed by atoms with van der Waals surface area (Å²) in [6.45, 7) is 0.426. The number of nitro groups is 1. The maximum atomic E-state index is 12.2. The van der Waals surface area contributed by atoms with Crippen LogP contribution in [0.3, 0.4) is 0 Å². The molecule has 136 valence electrons. The van der Waals surface area contributed by atoms with E-state index in [9.17, 15) is 19.7 Å². The van der Waals surface area contributed by atoms with Crippen molar-refractivity contribution in [2.24, 2.45) is 0 Å². The van der Waals surface area contributed by atoms with E-state index in [1.54, 1.807) is 11.8 Å². The predicted octanol–water partition coefficient (Wildman–Crippen LogP) is 3.29. The van der Waals surface area contributed by atoms with Crippen molar-refractivity contribution in [3.63, 3.8) is 0 Å². The number of benzene rings is 2. The molecule has 0 aromatic heterocycles. The van der Waals surface area contributed by atoms with Gasteiger partial charge in [-0.1, -0.05) is 18.2 Å². The molecule has 0 atom stereocenters. The normalized spacial score (nSPS) is 10.2. The Morgan fingerprint density at radius 1 is 1.15 bits per heavy atom. The van der Waals surface area contributed by atoms with E-state index in [1.807, 2.05) is 30.3 Å². The van der Waals surface area contributed by atoms with Gasteiger partial charge in [0.15, 0.2) is 0 Å². The molecule has 0 spiro atoms. The number of methoxy groups -OCH3 is 1. The van der Waals surface area contributed by atoms with Crippen molar-refractivity contribution >= 4 is 29.3 Å². The van der Waals surface area contributed by atoms with E-state index in [4.69, 9.17) is 0 Å². The number of ether oxygens (including phenoxy) is 1. The number of esters is 1. The van der Waals surface area contributed by atoms with Gasteiger partial charge in [0.25, 0.3) is 11.6 Å². The third-order valence-electron chi connectivity index (χ3n) is 3.43. The first kappa shape index (κ1) is 19.5. The van der Waals surface area contributed by atoms with E-state index in [-0.39, 0.29) is 16.8 Å². The number of thioether (sulfide) groups is 1. The number of carbonyl (C=O) groups excluding carboxylic acids is 2. The molecule has 8 heteroatoms. The fourth-order valence-electron chi connectivity index (χ4n) is 2.17. The van der Waals surface area contributed by atoms with Crippen LogP contribution in [-0.2, 0) is 4.74 Å². The molecule has 0 heterocycles. The van der Waals surface area contributed by atoms with Crippen LogP contribution in [0.2, 0.25) is 0 Å². The molecule has 0 aliphatic heterocycles. The number of nitro benzene ring substituents is 1. The van der Waals surface area contributed by atoms with Gasteiger partial charge in [-0.2, -0.15) is 0 Å². The molecule has 7 nitrogen and oxygen atoms in total. The smallest absolute Gasteiger partial charge is 0.338 e. The van der Waals surface area contributed by atoms with E-state index >= 15 is 0 Å². The topological polar surface area (TPSA) is 98.5 Å². The minimum Gasteiger partial charge on any atom is -0.465 e. The number of nitrogens with one attached hydrogen (secondary N) is 1. The van der Waals surface area contributed by atoms with Gasteiger partial charge in [-0.25, -0.2) is 4.79 Å². The summed E-state index contributed by atoms with van der Waals surface area (Å²) in [4.78, 5) is 35.3. The van der Waals surface area contributed by atoms with Gasteiger partial charge in [-0.3, -0.25) is 14.9 Å². The first-order chi connectivity index (χ1) is 12.5. The standard InChI is InChI=1S/C18H18N2O5S/c1-25-18(22)14-10-13(11-15(12-14)20(23)24)17(21)19-8-5-9-26-16-6-3-2-4-7-16/h2-4,6-7,10-12H,5,8-9H2,1H3,(H,19,21). The number of hydrogen-bond donors (Lipinski definition) is 1. The van der Waals surface area contributed by atoms with Gasteiger partial charge < -0.3 is 10.1 Å². The molecule has 0 aliphatic carbocycles. The Hall–Kier alpha value is -2.87. The van der Waals surface area contributed by atoms with Crippen LogP contribution >= 0.6 is 11.8 Å². The summed E-state index contributed by atoms with van der Waals surface area (Å²) in [6, 6.07) is 13.4. The highest BCUT2D eigenvalue weighted by molar-refractivity contribution is 7.99. The molecule has 0 fully saturated rings. The fourth-order valence-corrected chi connectivity index (χ4v) is 3.04. The van der Waals surface area contributed by atoms with Crippen LogP contribution in [0.1, 0.15) is 27.1 Å². The molecule has 0 saturated carbocycles. The molecule has 0 bridgehead atoms. The molecule has 0 saturated heterocycles. The number of carbonyl (C=O) groups is 2. The molecule has 2 rings (SSSR count). The molecular formula is C18H18N2O5S. The van der Waals surface area contributed by atoms with Gasteiger partial charge in [-0.15, -0.1) is 11.8 Å². The van der Waals surface area contributed by atoms with Crippen molar-refractivity contribution in [3.05, 3.63) is 69.8 Å². The van der Waals surface area contributed by atoms with Crippen molar-refractivity contribution in [1.29, 1.82) is 0 Å². The van der Waals surface area contributed by atoms with Gasteiger partial charge in [0.1, 0.15) is 0 Å². The lowest BCUT2D eigenvalue weighted by molar-refractivity contribution is -0.384. The van der Waals surface area contributed by atoms with Crippen molar-refractivity contribution in [3.8, 4) is 0 Å². The van der Waals surface area contributed by atoms with E-state index in [0.717, 1.165) is 29.2 Å². The molecule has 0 aliphatic rings. The van der Waals surface area contributed by atoms with Crippen LogP contribution in [0, 0.1) is 10.1 Å².